The number of carboxylic acids is 1. The van der Waals surface area contributed by atoms with Gasteiger partial charge >= 0.3 is 11.9 Å². The predicted octanol–water partition coefficient (Wildman–Crippen LogP) is 0.845. The van der Waals surface area contributed by atoms with Crippen molar-refractivity contribution in [2.75, 3.05) is 12.4 Å². The van der Waals surface area contributed by atoms with Crippen molar-refractivity contribution < 1.29 is 29.0 Å². The van der Waals surface area contributed by atoms with Crippen molar-refractivity contribution in [2.24, 2.45) is 0 Å². The second kappa shape index (κ2) is 8.68. The molecule has 3 heterocycles. The molecular weight excluding hydrogens is 436 g/mol. The van der Waals surface area contributed by atoms with E-state index in [9.17, 15) is 24.3 Å². The zero-order chi connectivity index (χ0) is 22.2. The molecule has 1 aromatic heterocycles. The molecule has 0 saturated carbocycles. The Morgan fingerprint density at radius 3 is 2.63 bits per heavy atom. The Bertz CT molecular complexity index is 959. The van der Waals surface area contributed by atoms with Gasteiger partial charge in [0.15, 0.2) is 0 Å². The van der Waals surface area contributed by atoms with E-state index in [-0.39, 0.29) is 30.4 Å². The summed E-state index contributed by atoms with van der Waals surface area (Å²) in [6.07, 6.45) is 0.0960. The number of carboxylic acid groups (broad SMARTS) is 1. The number of esters is 1. The summed E-state index contributed by atoms with van der Waals surface area (Å²) < 4.78 is 6.52. The van der Waals surface area contributed by atoms with Gasteiger partial charge < -0.3 is 15.2 Å². The van der Waals surface area contributed by atoms with Crippen LogP contribution in [-0.4, -0.2) is 67.3 Å². The summed E-state index contributed by atoms with van der Waals surface area (Å²) in [4.78, 5) is 48.8. The molecule has 0 aromatic carbocycles. The van der Waals surface area contributed by atoms with Crippen molar-refractivity contribution in [2.45, 2.75) is 45.2 Å². The Morgan fingerprint density at radius 1 is 1.37 bits per heavy atom. The fourth-order valence-electron chi connectivity index (χ4n) is 3.33. The standard InChI is InChI=1S/C18H21ClN4O6S/c1-8-13(19)9(2)22(21-8)5-4-12(25)20-14-16(26)23-15(18(27)28)11(6-29-10(3)24)7-30-17(14)23/h14,17H,4-7H2,1-3H3,(H,20,25)(H,27,28)/t14-,17-/m1/s1. The average molecular weight is 457 g/mol. The molecule has 1 saturated heterocycles. The first-order valence-electron chi connectivity index (χ1n) is 9.14. The molecule has 2 aliphatic rings. The smallest absolute Gasteiger partial charge is 0.352 e. The summed E-state index contributed by atoms with van der Waals surface area (Å²) in [5, 5.41) is 16.5. The number of β-lactam (4-membered cyclic amide) rings is 1. The van der Waals surface area contributed by atoms with Gasteiger partial charge in [0.1, 0.15) is 23.7 Å². The molecule has 0 spiro atoms. The number of nitrogens with one attached hydrogen (secondary N) is 1. The first kappa shape index (κ1) is 22.2. The fraction of sp³-hybridized carbons (Fsp3) is 0.500. The first-order valence-corrected chi connectivity index (χ1v) is 10.6. The van der Waals surface area contributed by atoms with Gasteiger partial charge in [-0.05, 0) is 13.8 Å². The number of hydrogen-bond acceptors (Lipinski definition) is 7. The Morgan fingerprint density at radius 2 is 2.07 bits per heavy atom. The molecule has 2 aliphatic heterocycles. The number of fused-ring (bicyclic) bond motifs is 1. The summed E-state index contributed by atoms with van der Waals surface area (Å²) in [5.74, 6) is -2.39. The van der Waals surface area contributed by atoms with Crippen molar-refractivity contribution in [3.63, 3.8) is 0 Å². The van der Waals surface area contributed by atoms with Crippen LogP contribution in [0.15, 0.2) is 11.3 Å². The third-order valence-electron chi connectivity index (χ3n) is 4.86. The number of halogens is 1. The number of aryl methyl sites for hydroxylation is 2. The molecule has 2 N–H and O–H groups in total. The average Bonchev–Trinajstić information content (AvgIpc) is 2.94. The second-order valence-electron chi connectivity index (χ2n) is 6.95. The number of hydrogen-bond donors (Lipinski definition) is 2. The summed E-state index contributed by atoms with van der Waals surface area (Å²) in [5.41, 5.74) is 1.59. The van der Waals surface area contributed by atoms with E-state index in [0.29, 0.717) is 22.8 Å². The van der Waals surface area contributed by atoms with Crippen LogP contribution in [0.2, 0.25) is 5.02 Å². The number of carbonyl (C=O) groups excluding carboxylic acids is 3. The van der Waals surface area contributed by atoms with Crippen LogP contribution in [0.25, 0.3) is 0 Å². The van der Waals surface area contributed by atoms with Gasteiger partial charge in [0.05, 0.1) is 23.0 Å². The third-order valence-corrected chi connectivity index (χ3v) is 6.75. The van der Waals surface area contributed by atoms with Gasteiger partial charge in [0, 0.05) is 24.7 Å². The molecule has 2 atom stereocenters. The molecule has 0 bridgehead atoms. The molecule has 3 rings (SSSR count). The van der Waals surface area contributed by atoms with E-state index in [0.717, 1.165) is 10.6 Å². The molecule has 30 heavy (non-hydrogen) atoms. The van der Waals surface area contributed by atoms with Crippen LogP contribution in [0, 0.1) is 13.8 Å². The SMILES string of the molecule is CC(=O)OCC1=C(C(=O)O)N2C(=O)[C@@H](NC(=O)CCn3nc(C)c(Cl)c3C)[C@H]2SC1. The maximum atomic E-state index is 12.6. The maximum Gasteiger partial charge on any atom is 0.352 e. The number of aromatic nitrogens is 2. The largest absolute Gasteiger partial charge is 0.477 e. The molecule has 12 heteroatoms. The summed E-state index contributed by atoms with van der Waals surface area (Å²) in [6, 6.07) is -0.809. The van der Waals surface area contributed by atoms with Crippen molar-refractivity contribution in [1.82, 2.24) is 20.0 Å². The minimum absolute atomic E-state index is 0.0960. The first-order chi connectivity index (χ1) is 14.1. The van der Waals surface area contributed by atoms with Crippen molar-refractivity contribution in [1.29, 1.82) is 0 Å². The van der Waals surface area contributed by atoms with Gasteiger partial charge in [-0.25, -0.2) is 4.79 Å². The highest BCUT2D eigenvalue weighted by Gasteiger charge is 2.54. The summed E-state index contributed by atoms with van der Waals surface area (Å²) >= 11 is 7.41. The van der Waals surface area contributed by atoms with Gasteiger partial charge in [-0.3, -0.25) is 24.0 Å². The maximum absolute atomic E-state index is 12.6. The molecule has 162 valence electrons. The number of carbonyl (C=O) groups is 4. The number of thioether (sulfide) groups is 1. The highest BCUT2D eigenvalue weighted by molar-refractivity contribution is 8.00. The quantitative estimate of drug-likeness (QED) is 0.456. The van der Waals surface area contributed by atoms with Crippen LogP contribution in [0.3, 0.4) is 0 Å². The van der Waals surface area contributed by atoms with E-state index >= 15 is 0 Å². The predicted molar refractivity (Wildman–Crippen MR) is 108 cm³/mol. The van der Waals surface area contributed by atoms with Gasteiger partial charge in [-0.2, -0.15) is 5.10 Å². The van der Waals surface area contributed by atoms with E-state index in [4.69, 9.17) is 16.3 Å². The highest BCUT2D eigenvalue weighted by atomic mass is 35.5. The van der Waals surface area contributed by atoms with Crippen LogP contribution >= 0.6 is 23.4 Å². The van der Waals surface area contributed by atoms with E-state index in [1.807, 2.05) is 0 Å². The zero-order valence-electron chi connectivity index (χ0n) is 16.6. The van der Waals surface area contributed by atoms with Gasteiger partial charge in [0.2, 0.25) is 5.91 Å². The number of ether oxygens (including phenoxy) is 1. The molecular formula is C18H21ClN4O6S. The Hall–Kier alpha value is -2.53. The van der Waals surface area contributed by atoms with Gasteiger partial charge in [-0.15, -0.1) is 11.8 Å². The van der Waals surface area contributed by atoms with E-state index in [1.54, 1.807) is 18.5 Å². The summed E-state index contributed by atoms with van der Waals surface area (Å²) in [6.45, 7) is 4.92. The highest BCUT2D eigenvalue weighted by Crippen LogP contribution is 2.40. The number of aliphatic carboxylic acids is 1. The molecule has 2 amide bonds. The molecule has 0 radical (unpaired) electrons. The van der Waals surface area contributed by atoms with Crippen LogP contribution in [-0.2, 0) is 30.5 Å². The minimum atomic E-state index is -1.28. The Kier molecular flexibility index (Phi) is 6.41. The monoisotopic (exact) mass is 456 g/mol. The van der Waals surface area contributed by atoms with Crippen molar-refractivity contribution in [3.05, 3.63) is 27.7 Å². The summed E-state index contributed by atoms with van der Waals surface area (Å²) in [7, 11) is 0. The topological polar surface area (TPSA) is 131 Å². The normalized spacial score (nSPS) is 20.5. The lowest BCUT2D eigenvalue weighted by atomic mass is 10.0. The molecule has 10 nitrogen and oxygen atoms in total. The zero-order valence-corrected chi connectivity index (χ0v) is 18.2. The number of nitrogens with zero attached hydrogens (tertiary/aromatic N) is 3. The molecule has 1 aromatic rings. The third kappa shape index (κ3) is 4.17. The lowest BCUT2D eigenvalue weighted by molar-refractivity contribution is -0.151. The number of rotatable bonds is 7. The van der Waals surface area contributed by atoms with E-state index in [1.165, 1.54) is 18.7 Å². The Labute approximate surface area is 181 Å². The van der Waals surface area contributed by atoms with Gasteiger partial charge in [-0.1, -0.05) is 11.6 Å². The lowest BCUT2D eigenvalue weighted by Gasteiger charge is -2.49. The van der Waals surface area contributed by atoms with E-state index < -0.39 is 29.3 Å². The van der Waals surface area contributed by atoms with E-state index in [2.05, 4.69) is 10.4 Å². The van der Waals surface area contributed by atoms with Crippen molar-refractivity contribution >= 4 is 47.1 Å². The van der Waals surface area contributed by atoms with Crippen LogP contribution < -0.4 is 5.32 Å². The number of amides is 2. The second-order valence-corrected chi connectivity index (χ2v) is 8.43. The van der Waals surface area contributed by atoms with Crippen LogP contribution in [0.4, 0.5) is 0 Å². The lowest BCUT2D eigenvalue weighted by Crippen LogP contribution is -2.70. The Balaban J connectivity index is 1.63. The fourth-order valence-corrected chi connectivity index (χ4v) is 4.79. The van der Waals surface area contributed by atoms with Gasteiger partial charge in [0.25, 0.3) is 5.91 Å². The molecule has 0 unspecified atom stereocenters. The molecule has 0 aliphatic carbocycles. The van der Waals surface area contributed by atoms with Crippen LogP contribution in [0.5, 0.6) is 0 Å². The van der Waals surface area contributed by atoms with Crippen LogP contribution in [0.1, 0.15) is 24.7 Å². The minimum Gasteiger partial charge on any atom is -0.477 e. The molecule has 1 fully saturated rings. The van der Waals surface area contributed by atoms with Crippen molar-refractivity contribution in [3.8, 4) is 0 Å².